The molecule has 1 N–H and O–H groups in total. The van der Waals surface area contributed by atoms with E-state index in [1.54, 1.807) is 30.2 Å². The molecular weight excluding hydrogens is 294 g/mol. The molecule has 0 radical (unpaired) electrons. The second kappa shape index (κ2) is 6.12. The van der Waals surface area contributed by atoms with Crippen LogP contribution in [-0.4, -0.2) is 29.0 Å². The van der Waals surface area contributed by atoms with Crippen molar-refractivity contribution in [3.8, 4) is 5.75 Å². The summed E-state index contributed by atoms with van der Waals surface area (Å²) in [6, 6.07) is 14.1. The molecule has 0 unspecified atom stereocenters. The number of hydrogen-bond acceptors (Lipinski definition) is 3. The molecule has 1 heterocycles. The van der Waals surface area contributed by atoms with Gasteiger partial charge in [-0.2, -0.15) is 0 Å². The number of methoxy groups -OCH3 is 1. The van der Waals surface area contributed by atoms with E-state index in [-0.39, 0.29) is 12.3 Å². The van der Waals surface area contributed by atoms with E-state index in [0.717, 1.165) is 11.1 Å². The van der Waals surface area contributed by atoms with E-state index in [1.165, 1.54) is 0 Å². The number of fused-ring (bicyclic) bond motifs is 1. The van der Waals surface area contributed by atoms with Gasteiger partial charge in [-0.05, 0) is 29.3 Å². The molecule has 5 nitrogen and oxygen atoms in total. The lowest BCUT2D eigenvalue weighted by molar-refractivity contribution is -0.138. The number of aliphatic carboxylic acids is 1. The van der Waals surface area contributed by atoms with Crippen LogP contribution in [0.5, 0.6) is 5.75 Å². The first-order chi connectivity index (χ1) is 11.1. The van der Waals surface area contributed by atoms with Crippen molar-refractivity contribution in [3.63, 3.8) is 0 Å². The molecule has 23 heavy (non-hydrogen) atoms. The average Bonchev–Trinajstić information content (AvgIpc) is 2.90. The van der Waals surface area contributed by atoms with Crippen LogP contribution in [0.25, 0.3) is 0 Å². The summed E-state index contributed by atoms with van der Waals surface area (Å²) < 4.78 is 5.13. The Morgan fingerprint density at radius 3 is 2.52 bits per heavy atom. The molecule has 1 amide bonds. The maximum atomic E-state index is 12.6. The summed E-state index contributed by atoms with van der Waals surface area (Å²) in [5, 5.41) is 9.25. The van der Waals surface area contributed by atoms with Crippen LogP contribution >= 0.6 is 0 Å². The van der Waals surface area contributed by atoms with Gasteiger partial charge >= 0.3 is 5.97 Å². The van der Waals surface area contributed by atoms with E-state index in [4.69, 9.17) is 4.74 Å². The van der Waals surface area contributed by atoms with Crippen LogP contribution in [0.2, 0.25) is 0 Å². The fourth-order valence-corrected chi connectivity index (χ4v) is 2.93. The number of benzene rings is 2. The number of rotatable bonds is 5. The van der Waals surface area contributed by atoms with Crippen molar-refractivity contribution in [3.05, 3.63) is 65.2 Å². The zero-order chi connectivity index (χ0) is 16.4. The Kier molecular flexibility index (Phi) is 4.02. The van der Waals surface area contributed by atoms with Crippen LogP contribution in [0.4, 0.5) is 0 Å². The quantitative estimate of drug-likeness (QED) is 0.922. The molecule has 118 valence electrons. The normalized spacial score (nSPS) is 14.5. The Bertz CT molecular complexity index is 739. The van der Waals surface area contributed by atoms with Gasteiger partial charge in [-0.25, -0.2) is 0 Å². The number of nitrogens with zero attached hydrogens (tertiary/aromatic N) is 1. The van der Waals surface area contributed by atoms with Gasteiger partial charge in [-0.3, -0.25) is 9.59 Å². The minimum atomic E-state index is -0.936. The SMILES string of the molecule is COc1ccc([C@@H](CC(=O)O)N2Cc3ccccc3C2=O)cc1. The Morgan fingerprint density at radius 2 is 1.91 bits per heavy atom. The summed E-state index contributed by atoms with van der Waals surface area (Å²) in [6.07, 6.45) is -0.133. The summed E-state index contributed by atoms with van der Waals surface area (Å²) in [5.41, 5.74) is 2.37. The van der Waals surface area contributed by atoms with E-state index in [2.05, 4.69) is 0 Å². The molecule has 0 saturated heterocycles. The zero-order valence-corrected chi connectivity index (χ0v) is 12.7. The summed E-state index contributed by atoms with van der Waals surface area (Å²) in [5.74, 6) is -0.365. The Labute approximate surface area is 134 Å². The molecule has 0 spiro atoms. The molecule has 2 aromatic rings. The minimum absolute atomic E-state index is 0.123. The lowest BCUT2D eigenvalue weighted by Crippen LogP contribution is -2.30. The first kappa shape index (κ1) is 15.1. The van der Waals surface area contributed by atoms with E-state index in [9.17, 15) is 14.7 Å². The zero-order valence-electron chi connectivity index (χ0n) is 12.7. The highest BCUT2D eigenvalue weighted by atomic mass is 16.5. The lowest BCUT2D eigenvalue weighted by Gasteiger charge is -2.27. The predicted octanol–water partition coefficient (Wildman–Crippen LogP) is 2.87. The fourth-order valence-electron chi connectivity index (χ4n) is 2.93. The predicted molar refractivity (Wildman–Crippen MR) is 84.3 cm³/mol. The third kappa shape index (κ3) is 2.90. The van der Waals surface area contributed by atoms with Crippen LogP contribution < -0.4 is 4.74 Å². The van der Waals surface area contributed by atoms with Crippen molar-refractivity contribution >= 4 is 11.9 Å². The smallest absolute Gasteiger partial charge is 0.305 e. The Morgan fingerprint density at radius 1 is 1.22 bits per heavy atom. The summed E-state index contributed by atoms with van der Waals surface area (Å²) in [6.45, 7) is 0.430. The second-order valence-electron chi connectivity index (χ2n) is 5.48. The molecule has 1 aliphatic rings. The molecule has 1 atom stereocenters. The van der Waals surface area contributed by atoms with Crippen LogP contribution in [0.15, 0.2) is 48.5 Å². The van der Waals surface area contributed by atoms with E-state index < -0.39 is 12.0 Å². The van der Waals surface area contributed by atoms with Crippen molar-refractivity contribution in [1.29, 1.82) is 0 Å². The van der Waals surface area contributed by atoms with E-state index in [0.29, 0.717) is 17.9 Å². The van der Waals surface area contributed by atoms with Gasteiger partial charge in [0, 0.05) is 12.1 Å². The van der Waals surface area contributed by atoms with Gasteiger partial charge in [0.1, 0.15) is 5.75 Å². The molecule has 0 aliphatic carbocycles. The van der Waals surface area contributed by atoms with Crippen molar-refractivity contribution in [2.45, 2.75) is 19.0 Å². The van der Waals surface area contributed by atoms with Gasteiger partial charge in [0.05, 0.1) is 19.6 Å². The van der Waals surface area contributed by atoms with Crippen LogP contribution in [0.1, 0.15) is 33.9 Å². The van der Waals surface area contributed by atoms with Crippen LogP contribution in [0.3, 0.4) is 0 Å². The molecule has 0 fully saturated rings. The molecule has 0 bridgehead atoms. The molecule has 3 rings (SSSR count). The highest BCUT2D eigenvalue weighted by Gasteiger charge is 2.34. The summed E-state index contributed by atoms with van der Waals surface area (Å²) in [7, 11) is 1.57. The van der Waals surface area contributed by atoms with E-state index in [1.807, 2.05) is 30.3 Å². The van der Waals surface area contributed by atoms with Gasteiger partial charge in [-0.1, -0.05) is 30.3 Å². The first-order valence-electron chi connectivity index (χ1n) is 7.35. The van der Waals surface area contributed by atoms with Crippen LogP contribution in [0, 0.1) is 0 Å². The molecule has 0 aromatic heterocycles. The van der Waals surface area contributed by atoms with E-state index >= 15 is 0 Å². The summed E-state index contributed by atoms with van der Waals surface area (Å²) in [4.78, 5) is 25.5. The molecular formula is C18H17NO4. The highest BCUT2D eigenvalue weighted by Crippen LogP contribution is 2.34. The third-order valence-electron chi connectivity index (χ3n) is 4.09. The third-order valence-corrected chi connectivity index (χ3v) is 4.09. The molecule has 5 heteroatoms. The summed E-state index contributed by atoms with van der Waals surface area (Å²) >= 11 is 0. The van der Waals surface area contributed by atoms with Gasteiger partial charge in [0.2, 0.25) is 0 Å². The molecule has 0 saturated carbocycles. The number of carbonyl (C=O) groups is 2. The Balaban J connectivity index is 1.94. The van der Waals surface area contributed by atoms with Gasteiger partial charge in [-0.15, -0.1) is 0 Å². The van der Waals surface area contributed by atoms with Gasteiger partial charge < -0.3 is 14.7 Å². The fraction of sp³-hybridized carbons (Fsp3) is 0.222. The highest BCUT2D eigenvalue weighted by molar-refractivity contribution is 5.98. The largest absolute Gasteiger partial charge is 0.497 e. The number of amides is 1. The number of carboxylic acids is 1. The van der Waals surface area contributed by atoms with Crippen LogP contribution in [-0.2, 0) is 11.3 Å². The number of hydrogen-bond donors (Lipinski definition) is 1. The van der Waals surface area contributed by atoms with Crippen molar-refractivity contribution in [1.82, 2.24) is 4.90 Å². The standard InChI is InChI=1S/C18H17NO4/c1-23-14-8-6-12(7-9-14)16(10-17(20)21)19-11-13-4-2-3-5-15(13)18(19)22/h2-9,16H,10-11H2,1H3,(H,20,21)/t16-/m1/s1. The molecule has 2 aromatic carbocycles. The monoisotopic (exact) mass is 311 g/mol. The topological polar surface area (TPSA) is 66.8 Å². The van der Waals surface area contributed by atoms with Crippen molar-refractivity contribution < 1.29 is 19.4 Å². The number of ether oxygens (including phenoxy) is 1. The Hall–Kier alpha value is -2.82. The van der Waals surface area contributed by atoms with Crippen molar-refractivity contribution in [2.24, 2.45) is 0 Å². The molecule has 1 aliphatic heterocycles. The van der Waals surface area contributed by atoms with Crippen molar-refractivity contribution in [2.75, 3.05) is 7.11 Å². The van der Waals surface area contributed by atoms with Gasteiger partial charge in [0.15, 0.2) is 0 Å². The maximum Gasteiger partial charge on any atom is 0.305 e. The second-order valence-corrected chi connectivity index (χ2v) is 5.48. The number of carboxylic acid groups (broad SMARTS) is 1. The number of carbonyl (C=O) groups excluding carboxylic acids is 1. The first-order valence-corrected chi connectivity index (χ1v) is 7.35. The lowest BCUT2D eigenvalue weighted by atomic mass is 10.0. The minimum Gasteiger partial charge on any atom is -0.497 e. The maximum absolute atomic E-state index is 12.6. The van der Waals surface area contributed by atoms with Gasteiger partial charge in [0.25, 0.3) is 5.91 Å². The average molecular weight is 311 g/mol.